The van der Waals surface area contributed by atoms with E-state index in [4.69, 9.17) is 0 Å². The van der Waals surface area contributed by atoms with Crippen LogP contribution < -0.4 is 0 Å². The molecule has 1 N–H and O–H groups in total. The minimum Gasteiger partial charge on any atom is -0.506 e. The molecule has 0 atom stereocenters. The van der Waals surface area contributed by atoms with Gasteiger partial charge in [0.05, 0.1) is 5.69 Å². The van der Waals surface area contributed by atoms with Crippen LogP contribution in [0.4, 0.5) is 0 Å². The highest BCUT2D eigenvalue weighted by Gasteiger charge is 2.06. The van der Waals surface area contributed by atoms with Gasteiger partial charge >= 0.3 is 0 Å². The molecule has 0 aliphatic rings. The lowest BCUT2D eigenvalue weighted by molar-refractivity contribution is 0.310. The van der Waals surface area contributed by atoms with E-state index in [1.54, 1.807) is 6.07 Å². The van der Waals surface area contributed by atoms with Gasteiger partial charge in [0, 0.05) is 12.2 Å². The van der Waals surface area contributed by atoms with Crippen LogP contribution in [-0.4, -0.2) is 28.6 Å². The molecule has 0 unspecified atom stereocenters. The van der Waals surface area contributed by atoms with Crippen molar-refractivity contribution in [2.45, 2.75) is 33.2 Å². The Balaban J connectivity index is 2.59. The van der Waals surface area contributed by atoms with Gasteiger partial charge in [-0.25, -0.2) is 0 Å². The second-order valence-electron chi connectivity index (χ2n) is 4.01. The van der Waals surface area contributed by atoms with Gasteiger partial charge in [0.1, 0.15) is 5.75 Å². The smallest absolute Gasteiger partial charge is 0.138 e. The van der Waals surface area contributed by atoms with Crippen molar-refractivity contribution >= 4 is 0 Å². The largest absolute Gasteiger partial charge is 0.506 e. The molecule has 1 aromatic rings. The van der Waals surface area contributed by atoms with E-state index in [1.165, 1.54) is 12.8 Å². The minimum absolute atomic E-state index is 0.295. The number of unbranched alkanes of at least 4 members (excludes halogenated alkanes) is 1. The number of rotatable bonds is 5. The maximum Gasteiger partial charge on any atom is 0.138 e. The van der Waals surface area contributed by atoms with Crippen molar-refractivity contribution in [3.8, 4) is 5.75 Å². The number of aromatic hydroxyl groups is 1. The van der Waals surface area contributed by atoms with Gasteiger partial charge in [-0.2, -0.15) is 0 Å². The summed E-state index contributed by atoms with van der Waals surface area (Å²) in [4.78, 5) is 6.51. The van der Waals surface area contributed by atoms with Crippen molar-refractivity contribution in [1.29, 1.82) is 0 Å². The molecule has 3 nitrogen and oxygen atoms in total. The monoisotopic (exact) mass is 208 g/mol. The van der Waals surface area contributed by atoms with Crippen molar-refractivity contribution in [2.75, 3.05) is 13.6 Å². The molecule has 0 bridgehead atoms. The molecule has 0 aromatic carbocycles. The van der Waals surface area contributed by atoms with Crippen LogP contribution in [0.2, 0.25) is 0 Å². The van der Waals surface area contributed by atoms with E-state index in [9.17, 15) is 5.11 Å². The van der Waals surface area contributed by atoms with E-state index < -0.39 is 0 Å². The number of aryl methyl sites for hydroxylation is 1. The first kappa shape index (κ1) is 12.0. The van der Waals surface area contributed by atoms with Gasteiger partial charge in [0.15, 0.2) is 0 Å². The summed E-state index contributed by atoms with van der Waals surface area (Å²) >= 11 is 0. The highest BCUT2D eigenvalue weighted by molar-refractivity contribution is 5.27. The van der Waals surface area contributed by atoms with Crippen molar-refractivity contribution in [3.05, 3.63) is 23.5 Å². The summed E-state index contributed by atoms with van der Waals surface area (Å²) in [6.45, 7) is 5.88. The lowest BCUT2D eigenvalue weighted by Crippen LogP contribution is -2.19. The van der Waals surface area contributed by atoms with Crippen LogP contribution in [-0.2, 0) is 6.54 Å². The van der Waals surface area contributed by atoms with E-state index in [2.05, 4.69) is 23.9 Å². The standard InChI is InChI=1S/C12H20N2O/c1-4-5-8-14(3)9-11-12(15)7-6-10(2)13-11/h6-7,15H,4-5,8-9H2,1-3H3. The Hall–Kier alpha value is -1.09. The lowest BCUT2D eigenvalue weighted by atomic mass is 10.2. The average molecular weight is 208 g/mol. The lowest BCUT2D eigenvalue weighted by Gasteiger charge is -2.16. The Morgan fingerprint density at radius 2 is 2.13 bits per heavy atom. The van der Waals surface area contributed by atoms with Crippen LogP contribution in [0, 0.1) is 6.92 Å². The summed E-state index contributed by atoms with van der Waals surface area (Å²) < 4.78 is 0. The molecule has 15 heavy (non-hydrogen) atoms. The van der Waals surface area contributed by atoms with Crippen LogP contribution in [0.5, 0.6) is 5.75 Å². The topological polar surface area (TPSA) is 36.4 Å². The zero-order valence-corrected chi connectivity index (χ0v) is 9.82. The number of aromatic nitrogens is 1. The van der Waals surface area contributed by atoms with Crippen LogP contribution in [0.3, 0.4) is 0 Å². The van der Waals surface area contributed by atoms with Crippen molar-refractivity contribution in [2.24, 2.45) is 0 Å². The summed E-state index contributed by atoms with van der Waals surface area (Å²) in [7, 11) is 2.05. The Morgan fingerprint density at radius 1 is 1.40 bits per heavy atom. The average Bonchev–Trinajstić information content (AvgIpc) is 2.20. The summed E-state index contributed by atoms with van der Waals surface area (Å²) in [5, 5.41) is 9.62. The fourth-order valence-corrected chi connectivity index (χ4v) is 1.48. The third kappa shape index (κ3) is 3.88. The van der Waals surface area contributed by atoms with Crippen LogP contribution >= 0.6 is 0 Å². The highest BCUT2D eigenvalue weighted by atomic mass is 16.3. The quantitative estimate of drug-likeness (QED) is 0.806. The number of pyridine rings is 1. The molecule has 0 radical (unpaired) electrons. The van der Waals surface area contributed by atoms with Crippen LogP contribution in [0.15, 0.2) is 12.1 Å². The minimum atomic E-state index is 0.295. The summed E-state index contributed by atoms with van der Waals surface area (Å²) in [5.41, 5.74) is 1.72. The van der Waals surface area contributed by atoms with Gasteiger partial charge in [-0.3, -0.25) is 4.98 Å². The molecule has 0 fully saturated rings. The SMILES string of the molecule is CCCCN(C)Cc1nc(C)ccc1O. The molecular formula is C12H20N2O. The molecule has 0 amide bonds. The van der Waals surface area contributed by atoms with E-state index in [0.717, 1.165) is 17.9 Å². The van der Waals surface area contributed by atoms with Gasteiger partial charge in [-0.15, -0.1) is 0 Å². The first-order valence-electron chi connectivity index (χ1n) is 5.47. The molecule has 1 aromatic heterocycles. The predicted molar refractivity (Wildman–Crippen MR) is 61.9 cm³/mol. The van der Waals surface area contributed by atoms with E-state index in [-0.39, 0.29) is 0 Å². The Kier molecular flexibility index (Phi) is 4.56. The Morgan fingerprint density at radius 3 is 2.80 bits per heavy atom. The van der Waals surface area contributed by atoms with Crippen molar-refractivity contribution < 1.29 is 5.11 Å². The third-order valence-corrected chi connectivity index (χ3v) is 2.40. The van der Waals surface area contributed by atoms with Gasteiger partial charge in [-0.1, -0.05) is 13.3 Å². The molecule has 3 heteroatoms. The van der Waals surface area contributed by atoms with Crippen molar-refractivity contribution in [3.63, 3.8) is 0 Å². The molecule has 0 aliphatic heterocycles. The van der Waals surface area contributed by atoms with E-state index in [0.29, 0.717) is 12.3 Å². The van der Waals surface area contributed by atoms with Crippen molar-refractivity contribution in [1.82, 2.24) is 9.88 Å². The van der Waals surface area contributed by atoms with Crippen LogP contribution in [0.1, 0.15) is 31.2 Å². The second-order valence-corrected chi connectivity index (χ2v) is 4.01. The molecule has 0 spiro atoms. The molecule has 84 valence electrons. The van der Waals surface area contributed by atoms with Gasteiger partial charge in [-0.05, 0) is 39.1 Å². The maximum absolute atomic E-state index is 9.62. The fraction of sp³-hybridized carbons (Fsp3) is 0.583. The molecule has 0 aliphatic carbocycles. The zero-order valence-electron chi connectivity index (χ0n) is 9.82. The van der Waals surface area contributed by atoms with Gasteiger partial charge in [0.25, 0.3) is 0 Å². The van der Waals surface area contributed by atoms with E-state index in [1.807, 2.05) is 13.0 Å². The number of nitrogens with zero attached hydrogens (tertiary/aromatic N) is 2. The third-order valence-electron chi connectivity index (χ3n) is 2.40. The number of hydrogen-bond acceptors (Lipinski definition) is 3. The fourth-order valence-electron chi connectivity index (χ4n) is 1.48. The Bertz CT molecular complexity index is 312. The highest BCUT2D eigenvalue weighted by Crippen LogP contribution is 2.16. The van der Waals surface area contributed by atoms with Gasteiger partial charge < -0.3 is 10.0 Å². The molecular weight excluding hydrogens is 188 g/mol. The first-order valence-corrected chi connectivity index (χ1v) is 5.47. The Labute approximate surface area is 91.8 Å². The second kappa shape index (κ2) is 5.71. The zero-order chi connectivity index (χ0) is 11.3. The normalized spacial score (nSPS) is 10.9. The predicted octanol–water partition coefficient (Wildman–Crippen LogP) is 2.33. The summed E-state index contributed by atoms with van der Waals surface area (Å²) in [6.07, 6.45) is 2.38. The molecule has 0 saturated carbocycles. The molecule has 1 rings (SSSR count). The van der Waals surface area contributed by atoms with Crippen LogP contribution in [0.25, 0.3) is 0 Å². The maximum atomic E-state index is 9.62. The first-order chi connectivity index (χ1) is 7.13. The molecule has 1 heterocycles. The van der Waals surface area contributed by atoms with E-state index >= 15 is 0 Å². The van der Waals surface area contributed by atoms with Gasteiger partial charge in [0.2, 0.25) is 0 Å². The number of hydrogen-bond donors (Lipinski definition) is 1. The summed E-state index contributed by atoms with van der Waals surface area (Å²) in [5.74, 6) is 0.295. The summed E-state index contributed by atoms with van der Waals surface area (Å²) in [6, 6.07) is 3.54. The molecule has 0 saturated heterocycles.